The highest BCUT2D eigenvalue weighted by molar-refractivity contribution is 5.28. The monoisotopic (exact) mass is 255 g/mol. The average molecular weight is 255 g/mol. The van der Waals surface area contributed by atoms with Crippen LogP contribution in [0.15, 0.2) is 29.4 Å². The first-order chi connectivity index (χ1) is 8.62. The SMILES string of the molecule is [N-]=[N+]=N[C@](CCO)(c1ccccc1F)[C@@H](O)CO. The van der Waals surface area contributed by atoms with E-state index >= 15 is 0 Å². The number of rotatable bonds is 6. The summed E-state index contributed by atoms with van der Waals surface area (Å²) in [7, 11) is 0. The number of aliphatic hydroxyl groups excluding tert-OH is 3. The quantitative estimate of drug-likeness (QED) is 0.401. The van der Waals surface area contributed by atoms with Gasteiger partial charge in [-0.05, 0) is 18.0 Å². The van der Waals surface area contributed by atoms with Crippen molar-refractivity contribution in [2.24, 2.45) is 5.11 Å². The van der Waals surface area contributed by atoms with Crippen molar-refractivity contribution >= 4 is 0 Å². The largest absolute Gasteiger partial charge is 0.396 e. The minimum Gasteiger partial charge on any atom is -0.396 e. The van der Waals surface area contributed by atoms with Gasteiger partial charge < -0.3 is 15.3 Å². The number of hydrogen-bond donors (Lipinski definition) is 3. The first kappa shape index (κ1) is 14.4. The zero-order valence-corrected chi connectivity index (χ0v) is 9.57. The van der Waals surface area contributed by atoms with Gasteiger partial charge in [-0.25, -0.2) is 4.39 Å². The summed E-state index contributed by atoms with van der Waals surface area (Å²) < 4.78 is 13.8. The van der Waals surface area contributed by atoms with Gasteiger partial charge in [0.1, 0.15) is 11.4 Å². The third-order valence-electron chi connectivity index (χ3n) is 2.78. The van der Waals surface area contributed by atoms with Crippen LogP contribution in [0, 0.1) is 5.82 Å². The maximum Gasteiger partial charge on any atom is 0.127 e. The topological polar surface area (TPSA) is 109 Å². The van der Waals surface area contributed by atoms with Crippen molar-refractivity contribution in [1.82, 2.24) is 0 Å². The summed E-state index contributed by atoms with van der Waals surface area (Å²) in [5.74, 6) is -0.675. The van der Waals surface area contributed by atoms with Crippen LogP contribution in [0.25, 0.3) is 10.4 Å². The van der Waals surface area contributed by atoms with Crippen molar-refractivity contribution in [3.8, 4) is 0 Å². The van der Waals surface area contributed by atoms with Crippen LogP contribution in [0.5, 0.6) is 0 Å². The Morgan fingerprint density at radius 2 is 2.06 bits per heavy atom. The van der Waals surface area contributed by atoms with Crippen LogP contribution < -0.4 is 0 Å². The second-order valence-corrected chi connectivity index (χ2v) is 3.77. The number of azide groups is 1. The molecule has 0 radical (unpaired) electrons. The molecule has 0 saturated carbocycles. The maximum atomic E-state index is 13.8. The zero-order valence-electron chi connectivity index (χ0n) is 9.57. The predicted octanol–water partition coefficient (Wildman–Crippen LogP) is 1.07. The van der Waals surface area contributed by atoms with E-state index in [0.717, 1.165) is 6.07 Å². The van der Waals surface area contributed by atoms with Crippen molar-refractivity contribution in [2.75, 3.05) is 13.2 Å². The molecule has 0 aliphatic carbocycles. The summed E-state index contributed by atoms with van der Waals surface area (Å²) in [4.78, 5) is 2.59. The third-order valence-corrected chi connectivity index (χ3v) is 2.78. The highest BCUT2D eigenvalue weighted by atomic mass is 19.1. The van der Waals surface area contributed by atoms with Crippen molar-refractivity contribution < 1.29 is 19.7 Å². The van der Waals surface area contributed by atoms with Gasteiger partial charge in [0.05, 0.1) is 12.7 Å². The number of nitrogens with zero attached hydrogens (tertiary/aromatic N) is 3. The van der Waals surface area contributed by atoms with Gasteiger partial charge in [-0.15, -0.1) is 0 Å². The second kappa shape index (κ2) is 6.32. The third kappa shape index (κ3) is 2.60. The molecule has 1 rings (SSSR count). The van der Waals surface area contributed by atoms with E-state index in [0.29, 0.717) is 0 Å². The van der Waals surface area contributed by atoms with Crippen molar-refractivity contribution in [1.29, 1.82) is 0 Å². The van der Waals surface area contributed by atoms with Crippen LogP contribution in [-0.2, 0) is 5.54 Å². The van der Waals surface area contributed by atoms with Gasteiger partial charge in [0.25, 0.3) is 0 Å². The molecule has 1 aromatic rings. The van der Waals surface area contributed by atoms with Crippen LogP contribution in [0.4, 0.5) is 4.39 Å². The van der Waals surface area contributed by atoms with Crippen molar-refractivity contribution in [3.05, 3.63) is 46.1 Å². The van der Waals surface area contributed by atoms with Crippen LogP contribution >= 0.6 is 0 Å². The van der Waals surface area contributed by atoms with E-state index in [-0.39, 0.29) is 12.0 Å². The average Bonchev–Trinajstić information content (AvgIpc) is 2.38. The molecule has 1 aromatic carbocycles. The highest BCUT2D eigenvalue weighted by Crippen LogP contribution is 2.35. The number of halogens is 1. The summed E-state index contributed by atoms with van der Waals surface area (Å²) in [5.41, 5.74) is 6.81. The van der Waals surface area contributed by atoms with Gasteiger partial charge in [-0.2, -0.15) is 0 Å². The Kier molecular flexibility index (Phi) is 5.06. The first-order valence-electron chi connectivity index (χ1n) is 5.33. The number of benzene rings is 1. The maximum absolute atomic E-state index is 13.8. The summed E-state index contributed by atoms with van der Waals surface area (Å²) in [6, 6.07) is 5.46. The Morgan fingerprint density at radius 3 is 2.56 bits per heavy atom. The molecule has 0 unspecified atom stereocenters. The Labute approximate surface area is 103 Å². The van der Waals surface area contributed by atoms with E-state index in [1.165, 1.54) is 18.2 Å². The lowest BCUT2D eigenvalue weighted by Gasteiger charge is -2.33. The fourth-order valence-corrected chi connectivity index (χ4v) is 1.86. The Morgan fingerprint density at radius 1 is 1.39 bits per heavy atom. The molecule has 6 nitrogen and oxygen atoms in total. The molecule has 0 aliphatic rings. The highest BCUT2D eigenvalue weighted by Gasteiger charge is 2.40. The van der Waals surface area contributed by atoms with Crippen molar-refractivity contribution in [3.63, 3.8) is 0 Å². The van der Waals surface area contributed by atoms with Crippen molar-refractivity contribution in [2.45, 2.75) is 18.1 Å². The molecular formula is C11H14FN3O3. The molecule has 0 saturated heterocycles. The molecule has 98 valence electrons. The van der Waals surface area contributed by atoms with E-state index < -0.39 is 30.7 Å². The standard InChI is InChI=1S/C11H14FN3O3/c12-9-4-2-1-3-8(9)11(5-6-16,14-15-13)10(18)7-17/h1-4,10,16-18H,5-7H2/t10-,11+/m0/s1. The predicted molar refractivity (Wildman–Crippen MR) is 62.0 cm³/mol. The molecule has 18 heavy (non-hydrogen) atoms. The minimum atomic E-state index is -1.72. The van der Waals surface area contributed by atoms with E-state index in [4.69, 9.17) is 15.7 Å². The normalized spacial score (nSPS) is 15.6. The fourth-order valence-electron chi connectivity index (χ4n) is 1.86. The number of aliphatic hydroxyl groups is 3. The van der Waals surface area contributed by atoms with Gasteiger partial charge in [0, 0.05) is 17.1 Å². The summed E-state index contributed by atoms with van der Waals surface area (Å²) >= 11 is 0. The molecule has 3 N–H and O–H groups in total. The van der Waals surface area contributed by atoms with Gasteiger partial charge in [-0.3, -0.25) is 0 Å². The summed E-state index contributed by atoms with van der Waals surface area (Å²) in [6.07, 6.45) is -1.70. The lowest BCUT2D eigenvalue weighted by molar-refractivity contribution is 0.0161. The molecular weight excluding hydrogens is 241 g/mol. The molecule has 0 aromatic heterocycles. The Hall–Kier alpha value is -1.66. The molecule has 0 heterocycles. The fraction of sp³-hybridized carbons (Fsp3) is 0.455. The molecule has 0 spiro atoms. The smallest absolute Gasteiger partial charge is 0.127 e. The van der Waals surface area contributed by atoms with Gasteiger partial charge in [0.15, 0.2) is 0 Å². The second-order valence-electron chi connectivity index (χ2n) is 3.77. The molecule has 0 amide bonds. The zero-order chi connectivity index (χ0) is 13.6. The van der Waals surface area contributed by atoms with Gasteiger partial charge in [-0.1, -0.05) is 23.3 Å². The van der Waals surface area contributed by atoms with Crippen LogP contribution in [0.3, 0.4) is 0 Å². The lowest BCUT2D eigenvalue weighted by atomic mass is 9.82. The van der Waals surface area contributed by atoms with Crippen LogP contribution in [0.1, 0.15) is 12.0 Å². The Balaban J connectivity index is 3.42. The first-order valence-corrected chi connectivity index (χ1v) is 5.33. The molecule has 7 heteroatoms. The number of hydrogen-bond acceptors (Lipinski definition) is 4. The van der Waals surface area contributed by atoms with E-state index in [1.54, 1.807) is 0 Å². The van der Waals surface area contributed by atoms with Crippen LogP contribution in [0.2, 0.25) is 0 Å². The lowest BCUT2D eigenvalue weighted by Crippen LogP contribution is -2.41. The van der Waals surface area contributed by atoms with E-state index in [9.17, 15) is 9.50 Å². The molecule has 0 bridgehead atoms. The van der Waals surface area contributed by atoms with Crippen LogP contribution in [-0.4, -0.2) is 34.6 Å². The molecule has 0 fully saturated rings. The summed E-state index contributed by atoms with van der Waals surface area (Å²) in [5, 5.41) is 31.3. The Bertz CT molecular complexity index is 451. The summed E-state index contributed by atoms with van der Waals surface area (Å²) in [6.45, 7) is -1.14. The van der Waals surface area contributed by atoms with Gasteiger partial charge in [0.2, 0.25) is 0 Å². The molecule has 2 atom stereocenters. The molecule has 0 aliphatic heterocycles. The van der Waals surface area contributed by atoms with E-state index in [1.807, 2.05) is 0 Å². The van der Waals surface area contributed by atoms with E-state index in [2.05, 4.69) is 10.0 Å². The van der Waals surface area contributed by atoms with Gasteiger partial charge >= 0.3 is 0 Å². The minimum absolute atomic E-state index is 0.0570.